The third-order valence-corrected chi connectivity index (χ3v) is 5.11. The summed E-state index contributed by atoms with van der Waals surface area (Å²) in [6.07, 6.45) is 3.41. The van der Waals surface area contributed by atoms with Crippen molar-refractivity contribution in [1.82, 2.24) is 15.1 Å². The predicted molar refractivity (Wildman–Crippen MR) is 80.0 cm³/mol. The number of amides is 2. The maximum Gasteiger partial charge on any atom is 0.255 e. The predicted octanol–water partition coefficient (Wildman–Crippen LogP) is 0.238. The number of rotatable bonds is 1. The number of likely N-dealkylation sites (tertiary alicyclic amines) is 1. The topological polar surface area (TPSA) is 65.0 Å². The minimum atomic E-state index is -0.507. The van der Waals surface area contributed by atoms with E-state index in [2.05, 4.69) is 5.32 Å². The van der Waals surface area contributed by atoms with E-state index in [1.807, 2.05) is 11.9 Å². The van der Waals surface area contributed by atoms with Gasteiger partial charge in [0.05, 0.1) is 0 Å². The van der Waals surface area contributed by atoms with E-state index in [0.717, 1.165) is 57.7 Å². The smallest absolute Gasteiger partial charge is 0.255 e. The van der Waals surface area contributed by atoms with E-state index in [4.69, 9.17) is 4.99 Å². The summed E-state index contributed by atoms with van der Waals surface area (Å²) in [5.41, 5.74) is -0.507. The molecule has 116 valence electrons. The van der Waals surface area contributed by atoms with Crippen LogP contribution in [0.3, 0.4) is 0 Å². The molecule has 0 atom stereocenters. The fourth-order valence-electron chi connectivity index (χ4n) is 3.74. The number of carbonyl (C=O) groups excluding carboxylic acids is 2. The van der Waals surface area contributed by atoms with Crippen molar-refractivity contribution in [2.45, 2.75) is 38.1 Å². The molecule has 1 N–H and O–H groups in total. The van der Waals surface area contributed by atoms with Crippen LogP contribution in [0.4, 0.5) is 0 Å². The van der Waals surface area contributed by atoms with E-state index in [9.17, 15) is 9.59 Å². The molecule has 2 amide bonds. The van der Waals surface area contributed by atoms with Crippen LogP contribution in [0.15, 0.2) is 4.99 Å². The molecule has 0 aromatic heterocycles. The summed E-state index contributed by atoms with van der Waals surface area (Å²) in [6, 6.07) is 0. The molecule has 21 heavy (non-hydrogen) atoms. The molecule has 0 saturated carbocycles. The Kier molecular flexibility index (Phi) is 3.73. The highest BCUT2D eigenvalue weighted by molar-refractivity contribution is 6.08. The number of amidine groups is 1. The number of likely N-dealkylation sites (N-methyl/N-ethyl adjacent to an activating group) is 1. The standard InChI is InChI=1S/C15H24N4O2/c1-11(20)19-9-3-12(4-10-19)13-17-15(14(21)18(13)2)5-7-16-8-6-15/h12,16H,3-10H2,1-2H3. The lowest BCUT2D eigenvalue weighted by Gasteiger charge is -2.32. The fraction of sp³-hybridized carbons (Fsp3) is 0.800. The summed E-state index contributed by atoms with van der Waals surface area (Å²) < 4.78 is 0. The van der Waals surface area contributed by atoms with Crippen LogP contribution in [0.2, 0.25) is 0 Å². The zero-order chi connectivity index (χ0) is 15.0. The summed E-state index contributed by atoms with van der Waals surface area (Å²) in [5, 5.41) is 3.30. The molecule has 3 rings (SSSR count). The number of piperidine rings is 2. The van der Waals surface area contributed by atoms with Gasteiger partial charge in [-0.2, -0.15) is 0 Å². The molecular formula is C15H24N4O2. The molecule has 0 aromatic rings. The van der Waals surface area contributed by atoms with Crippen molar-refractivity contribution < 1.29 is 9.59 Å². The molecule has 2 fully saturated rings. The Morgan fingerprint density at radius 1 is 1.29 bits per heavy atom. The molecule has 6 heteroatoms. The van der Waals surface area contributed by atoms with Gasteiger partial charge >= 0.3 is 0 Å². The highest BCUT2D eigenvalue weighted by atomic mass is 16.2. The van der Waals surface area contributed by atoms with Gasteiger partial charge in [0.15, 0.2) is 0 Å². The number of hydrogen-bond acceptors (Lipinski definition) is 4. The Hall–Kier alpha value is -1.43. The number of nitrogens with one attached hydrogen (secondary N) is 1. The van der Waals surface area contributed by atoms with Crippen LogP contribution in [0, 0.1) is 5.92 Å². The number of carbonyl (C=O) groups is 2. The highest BCUT2D eigenvalue weighted by Gasteiger charge is 2.48. The SMILES string of the molecule is CC(=O)N1CCC(C2=NC3(CCNCC3)C(=O)N2C)CC1. The molecular weight excluding hydrogens is 268 g/mol. The second kappa shape index (κ2) is 5.40. The molecule has 2 saturated heterocycles. The molecule has 6 nitrogen and oxygen atoms in total. The molecule has 3 aliphatic rings. The van der Waals surface area contributed by atoms with E-state index in [-0.39, 0.29) is 11.8 Å². The monoisotopic (exact) mass is 292 g/mol. The molecule has 0 radical (unpaired) electrons. The Bertz CT molecular complexity index is 474. The van der Waals surface area contributed by atoms with Crippen LogP contribution in [-0.2, 0) is 9.59 Å². The van der Waals surface area contributed by atoms with Crippen molar-refractivity contribution in [2.24, 2.45) is 10.9 Å². The van der Waals surface area contributed by atoms with Crippen LogP contribution in [0.1, 0.15) is 32.6 Å². The average molecular weight is 292 g/mol. The number of nitrogens with zero attached hydrogens (tertiary/aromatic N) is 3. The van der Waals surface area contributed by atoms with Gasteiger partial charge in [-0.25, -0.2) is 0 Å². The van der Waals surface area contributed by atoms with Gasteiger partial charge in [-0.05, 0) is 38.8 Å². The normalized spacial score (nSPS) is 26.4. The lowest BCUT2D eigenvalue weighted by atomic mass is 9.89. The van der Waals surface area contributed by atoms with E-state index in [1.54, 1.807) is 11.8 Å². The van der Waals surface area contributed by atoms with Crippen LogP contribution < -0.4 is 5.32 Å². The molecule has 0 aromatic carbocycles. The summed E-state index contributed by atoms with van der Waals surface area (Å²) in [7, 11) is 1.86. The average Bonchev–Trinajstić information content (AvgIpc) is 2.74. The quantitative estimate of drug-likeness (QED) is 0.753. The Morgan fingerprint density at radius 2 is 1.90 bits per heavy atom. The Labute approximate surface area is 125 Å². The fourth-order valence-corrected chi connectivity index (χ4v) is 3.74. The van der Waals surface area contributed by atoms with Crippen LogP contribution in [0.5, 0.6) is 0 Å². The Balaban J connectivity index is 1.74. The zero-order valence-corrected chi connectivity index (χ0v) is 12.9. The maximum absolute atomic E-state index is 12.6. The first-order valence-corrected chi connectivity index (χ1v) is 7.88. The lowest BCUT2D eigenvalue weighted by Crippen LogP contribution is -2.48. The van der Waals surface area contributed by atoms with Crippen molar-refractivity contribution in [3.63, 3.8) is 0 Å². The van der Waals surface area contributed by atoms with Gasteiger partial charge < -0.3 is 15.1 Å². The Morgan fingerprint density at radius 3 is 2.48 bits per heavy atom. The van der Waals surface area contributed by atoms with Crippen molar-refractivity contribution in [2.75, 3.05) is 33.2 Å². The van der Waals surface area contributed by atoms with Crippen molar-refractivity contribution >= 4 is 17.6 Å². The van der Waals surface area contributed by atoms with E-state index in [0.29, 0.717) is 5.92 Å². The van der Waals surface area contributed by atoms with Gasteiger partial charge in [0, 0.05) is 33.0 Å². The molecule has 0 bridgehead atoms. The second-order valence-corrected chi connectivity index (χ2v) is 6.40. The van der Waals surface area contributed by atoms with Gasteiger partial charge in [0.25, 0.3) is 5.91 Å². The summed E-state index contributed by atoms with van der Waals surface area (Å²) >= 11 is 0. The van der Waals surface area contributed by atoms with Gasteiger partial charge in [0.2, 0.25) is 5.91 Å². The van der Waals surface area contributed by atoms with Crippen molar-refractivity contribution in [1.29, 1.82) is 0 Å². The first-order valence-electron chi connectivity index (χ1n) is 7.88. The number of aliphatic imine (C=N–C) groups is 1. The molecule has 0 unspecified atom stereocenters. The van der Waals surface area contributed by atoms with Crippen molar-refractivity contribution in [3.8, 4) is 0 Å². The third kappa shape index (κ3) is 2.46. The number of hydrogen-bond donors (Lipinski definition) is 1. The summed E-state index contributed by atoms with van der Waals surface area (Å²) in [5.74, 6) is 1.56. The largest absolute Gasteiger partial charge is 0.343 e. The summed E-state index contributed by atoms with van der Waals surface area (Å²) in [4.78, 5) is 32.6. The molecule has 0 aliphatic carbocycles. The lowest BCUT2D eigenvalue weighted by molar-refractivity contribution is -0.132. The zero-order valence-electron chi connectivity index (χ0n) is 12.9. The van der Waals surface area contributed by atoms with Gasteiger partial charge in [-0.15, -0.1) is 0 Å². The minimum absolute atomic E-state index is 0.140. The minimum Gasteiger partial charge on any atom is -0.343 e. The van der Waals surface area contributed by atoms with Gasteiger partial charge in [-0.1, -0.05) is 0 Å². The van der Waals surface area contributed by atoms with Crippen LogP contribution in [-0.4, -0.2) is 66.2 Å². The van der Waals surface area contributed by atoms with Gasteiger partial charge in [-0.3, -0.25) is 14.6 Å². The first-order chi connectivity index (χ1) is 10.0. The first kappa shape index (κ1) is 14.5. The summed E-state index contributed by atoms with van der Waals surface area (Å²) in [6.45, 7) is 4.89. The third-order valence-electron chi connectivity index (χ3n) is 5.11. The maximum atomic E-state index is 12.6. The van der Waals surface area contributed by atoms with E-state index >= 15 is 0 Å². The molecule has 1 spiro atoms. The highest BCUT2D eigenvalue weighted by Crippen LogP contribution is 2.34. The van der Waals surface area contributed by atoms with E-state index < -0.39 is 5.54 Å². The van der Waals surface area contributed by atoms with Crippen LogP contribution >= 0.6 is 0 Å². The molecule has 3 heterocycles. The van der Waals surface area contributed by atoms with Crippen molar-refractivity contribution in [3.05, 3.63) is 0 Å². The molecule has 3 aliphatic heterocycles. The second-order valence-electron chi connectivity index (χ2n) is 6.40. The van der Waals surface area contributed by atoms with Crippen LogP contribution in [0.25, 0.3) is 0 Å². The van der Waals surface area contributed by atoms with E-state index in [1.165, 1.54) is 0 Å². The van der Waals surface area contributed by atoms with Gasteiger partial charge in [0.1, 0.15) is 11.4 Å².